The molecule has 0 aromatic heterocycles. The Kier molecular flexibility index (Phi) is 5.73. The zero-order valence-corrected chi connectivity index (χ0v) is 15.1. The van der Waals surface area contributed by atoms with Crippen LogP contribution in [0.3, 0.4) is 0 Å². The third-order valence-electron chi connectivity index (χ3n) is 5.23. The molecule has 1 N–H and O–H groups in total. The van der Waals surface area contributed by atoms with Gasteiger partial charge in [-0.25, -0.2) is 0 Å². The van der Waals surface area contributed by atoms with Crippen LogP contribution in [0.25, 0.3) is 0 Å². The van der Waals surface area contributed by atoms with E-state index in [0.29, 0.717) is 12.1 Å². The van der Waals surface area contributed by atoms with E-state index in [1.165, 1.54) is 11.1 Å². The number of nitriles is 1. The van der Waals surface area contributed by atoms with Gasteiger partial charge in [-0.15, -0.1) is 0 Å². The lowest BCUT2D eigenvalue weighted by molar-refractivity contribution is 0.367. The Morgan fingerprint density at radius 3 is 2.84 bits per heavy atom. The average molecular weight is 334 g/mol. The van der Waals surface area contributed by atoms with Crippen LogP contribution < -0.4 is 10.1 Å². The van der Waals surface area contributed by atoms with Gasteiger partial charge in [-0.2, -0.15) is 5.26 Å². The topological polar surface area (TPSA) is 45.0 Å². The molecule has 0 fully saturated rings. The molecule has 2 aromatic carbocycles. The summed E-state index contributed by atoms with van der Waals surface area (Å²) in [5, 5.41) is 13.1. The van der Waals surface area contributed by atoms with Gasteiger partial charge in [-0.05, 0) is 60.9 Å². The van der Waals surface area contributed by atoms with Crippen molar-refractivity contribution in [1.82, 2.24) is 5.32 Å². The van der Waals surface area contributed by atoms with Crippen LogP contribution in [0.4, 0.5) is 0 Å². The van der Waals surface area contributed by atoms with Crippen molar-refractivity contribution in [3.63, 3.8) is 0 Å². The summed E-state index contributed by atoms with van der Waals surface area (Å²) in [4.78, 5) is 0. The highest BCUT2D eigenvalue weighted by atomic mass is 16.5. The van der Waals surface area contributed by atoms with Crippen LogP contribution in [0.1, 0.15) is 42.0 Å². The number of fused-ring (bicyclic) bond motifs is 1. The van der Waals surface area contributed by atoms with Gasteiger partial charge in [-0.1, -0.05) is 37.3 Å². The van der Waals surface area contributed by atoms with Gasteiger partial charge in [0.1, 0.15) is 5.75 Å². The van der Waals surface area contributed by atoms with Crippen LogP contribution in [0.5, 0.6) is 5.75 Å². The lowest BCUT2D eigenvalue weighted by atomic mass is 9.86. The second kappa shape index (κ2) is 8.18. The van der Waals surface area contributed by atoms with Crippen LogP contribution in [0.15, 0.2) is 42.5 Å². The number of nitrogens with zero attached hydrogens (tertiary/aromatic N) is 1. The van der Waals surface area contributed by atoms with Crippen LogP contribution in [0, 0.1) is 11.3 Å². The first-order chi connectivity index (χ1) is 12.2. The number of benzene rings is 2. The van der Waals surface area contributed by atoms with Crippen LogP contribution in [-0.4, -0.2) is 19.2 Å². The Morgan fingerprint density at radius 2 is 2.08 bits per heavy atom. The normalized spacial score (nSPS) is 17.4. The molecule has 2 aromatic rings. The van der Waals surface area contributed by atoms with Crippen molar-refractivity contribution in [3.05, 3.63) is 64.7 Å². The quantitative estimate of drug-likeness (QED) is 0.867. The largest absolute Gasteiger partial charge is 0.496 e. The summed E-state index contributed by atoms with van der Waals surface area (Å²) in [5.41, 5.74) is 4.69. The molecule has 0 bridgehead atoms. The number of hydrogen-bond acceptors (Lipinski definition) is 3. The monoisotopic (exact) mass is 334 g/mol. The summed E-state index contributed by atoms with van der Waals surface area (Å²) in [5.74, 6) is 1.01. The lowest BCUT2D eigenvalue weighted by Crippen LogP contribution is -2.42. The number of rotatable bonds is 6. The summed E-state index contributed by atoms with van der Waals surface area (Å²) in [7, 11) is 1.75. The fourth-order valence-corrected chi connectivity index (χ4v) is 3.82. The molecule has 3 rings (SSSR count). The molecule has 3 heteroatoms. The van der Waals surface area contributed by atoms with Gasteiger partial charge < -0.3 is 10.1 Å². The van der Waals surface area contributed by atoms with Crippen molar-refractivity contribution in [2.24, 2.45) is 0 Å². The summed E-state index contributed by atoms with van der Waals surface area (Å²) in [6.45, 7) is 2.21. The van der Waals surface area contributed by atoms with Gasteiger partial charge in [0.25, 0.3) is 0 Å². The Hall–Kier alpha value is -2.31. The molecule has 2 atom stereocenters. The summed E-state index contributed by atoms with van der Waals surface area (Å²) < 4.78 is 5.55. The first-order valence-electron chi connectivity index (χ1n) is 9.14. The smallest absolute Gasteiger partial charge is 0.122 e. The number of aryl methyl sites for hydroxylation is 1. The van der Waals surface area contributed by atoms with Crippen molar-refractivity contribution >= 4 is 0 Å². The molecule has 0 amide bonds. The van der Waals surface area contributed by atoms with Crippen molar-refractivity contribution in [2.45, 2.75) is 51.1 Å². The Balaban J connectivity index is 1.70. The average Bonchev–Trinajstić information content (AvgIpc) is 2.67. The minimum absolute atomic E-state index is 0.385. The van der Waals surface area contributed by atoms with Gasteiger partial charge in [0.05, 0.1) is 18.7 Å². The number of ether oxygens (including phenoxy) is 1. The summed E-state index contributed by atoms with van der Waals surface area (Å²) in [6.07, 6.45) is 5.20. The molecule has 1 aliphatic rings. The zero-order valence-electron chi connectivity index (χ0n) is 15.1. The molecule has 0 aliphatic heterocycles. The van der Waals surface area contributed by atoms with E-state index in [2.05, 4.69) is 42.6 Å². The van der Waals surface area contributed by atoms with Crippen molar-refractivity contribution in [2.75, 3.05) is 7.11 Å². The van der Waals surface area contributed by atoms with Gasteiger partial charge in [0.2, 0.25) is 0 Å². The molecule has 0 saturated heterocycles. The molecule has 0 saturated carbocycles. The van der Waals surface area contributed by atoms with Gasteiger partial charge in [0.15, 0.2) is 0 Å². The van der Waals surface area contributed by atoms with Crippen molar-refractivity contribution in [1.29, 1.82) is 5.26 Å². The third kappa shape index (κ3) is 4.03. The highest BCUT2D eigenvalue weighted by Gasteiger charge is 2.23. The predicted octanol–water partition coefficient (Wildman–Crippen LogP) is 4.04. The second-order valence-corrected chi connectivity index (χ2v) is 6.78. The predicted molar refractivity (Wildman–Crippen MR) is 101 cm³/mol. The first kappa shape index (κ1) is 17.5. The molecular formula is C22H26N2O. The molecule has 3 nitrogen and oxygen atoms in total. The number of nitrogens with one attached hydrogen (secondary N) is 1. The third-order valence-corrected chi connectivity index (χ3v) is 5.23. The second-order valence-electron chi connectivity index (χ2n) is 6.78. The number of methoxy groups -OCH3 is 1. The van der Waals surface area contributed by atoms with Gasteiger partial charge in [0, 0.05) is 12.1 Å². The molecule has 130 valence electrons. The Morgan fingerprint density at radius 1 is 1.24 bits per heavy atom. The fourth-order valence-electron chi connectivity index (χ4n) is 3.82. The maximum Gasteiger partial charge on any atom is 0.122 e. The molecular weight excluding hydrogens is 308 g/mol. The number of hydrogen-bond donors (Lipinski definition) is 1. The SMILES string of the molecule is CCC(Cc1ccccc1C#N)NC1CCc2cccc(OC)c2C1. The molecule has 1 aliphatic carbocycles. The first-order valence-corrected chi connectivity index (χ1v) is 9.14. The molecule has 0 radical (unpaired) electrons. The van der Waals surface area contributed by atoms with E-state index in [1.54, 1.807) is 7.11 Å². The molecule has 0 spiro atoms. The standard InChI is InChI=1S/C22H26N2O/c1-3-19(13-17-7-4-5-8-18(17)15-23)24-20-12-11-16-9-6-10-22(25-2)21(16)14-20/h4-10,19-20,24H,3,11-14H2,1-2H3. The molecule has 0 heterocycles. The minimum Gasteiger partial charge on any atom is -0.496 e. The molecule has 25 heavy (non-hydrogen) atoms. The highest BCUT2D eigenvalue weighted by molar-refractivity contribution is 5.42. The van der Waals surface area contributed by atoms with Crippen LogP contribution >= 0.6 is 0 Å². The van der Waals surface area contributed by atoms with Gasteiger partial charge >= 0.3 is 0 Å². The van der Waals surface area contributed by atoms with E-state index in [-0.39, 0.29) is 0 Å². The highest BCUT2D eigenvalue weighted by Crippen LogP contribution is 2.30. The zero-order chi connectivity index (χ0) is 17.6. The van der Waals surface area contributed by atoms with E-state index < -0.39 is 0 Å². The lowest BCUT2D eigenvalue weighted by Gasteiger charge is -2.30. The summed E-state index contributed by atoms with van der Waals surface area (Å²) >= 11 is 0. The van der Waals surface area contributed by atoms with E-state index in [0.717, 1.165) is 49.0 Å². The summed E-state index contributed by atoms with van der Waals surface area (Å²) in [6, 6.07) is 17.4. The van der Waals surface area contributed by atoms with E-state index in [4.69, 9.17) is 4.74 Å². The van der Waals surface area contributed by atoms with Crippen LogP contribution in [0.2, 0.25) is 0 Å². The van der Waals surface area contributed by atoms with Gasteiger partial charge in [-0.3, -0.25) is 0 Å². The van der Waals surface area contributed by atoms with Crippen molar-refractivity contribution in [3.8, 4) is 11.8 Å². The Labute approximate surface area is 150 Å². The Bertz CT molecular complexity index is 749. The maximum absolute atomic E-state index is 9.31. The molecule has 2 unspecified atom stereocenters. The van der Waals surface area contributed by atoms with E-state index in [1.807, 2.05) is 18.2 Å². The van der Waals surface area contributed by atoms with Crippen LogP contribution in [-0.2, 0) is 19.3 Å². The maximum atomic E-state index is 9.31. The van der Waals surface area contributed by atoms with E-state index >= 15 is 0 Å². The van der Waals surface area contributed by atoms with Crippen molar-refractivity contribution < 1.29 is 4.74 Å². The minimum atomic E-state index is 0.385. The van der Waals surface area contributed by atoms with E-state index in [9.17, 15) is 5.26 Å². The fraction of sp³-hybridized carbons (Fsp3) is 0.409.